The number of rotatable bonds is 4. The van der Waals surface area contributed by atoms with Crippen LogP contribution < -0.4 is 4.74 Å². The van der Waals surface area contributed by atoms with Crippen molar-refractivity contribution in [2.24, 2.45) is 0 Å². The summed E-state index contributed by atoms with van der Waals surface area (Å²) in [6.45, 7) is 0. The van der Waals surface area contributed by atoms with E-state index in [2.05, 4.69) is 155 Å². The maximum Gasteiger partial charge on any atom is 0.235 e. The van der Waals surface area contributed by atoms with Gasteiger partial charge in [-0.1, -0.05) is 115 Å². The molecule has 0 amide bonds. The Hall–Kier alpha value is -7.50. The van der Waals surface area contributed by atoms with Crippen LogP contribution in [0.3, 0.4) is 0 Å². The van der Waals surface area contributed by atoms with E-state index in [1.54, 1.807) is 0 Å². The first kappa shape index (κ1) is 30.0. The Kier molecular flexibility index (Phi) is 6.27. The molecule has 0 unspecified atom stereocenters. The minimum Gasteiger partial charge on any atom is -0.456 e. The summed E-state index contributed by atoms with van der Waals surface area (Å²) in [6, 6.07) is 64.5. The van der Waals surface area contributed by atoms with E-state index in [-0.39, 0.29) is 0 Å². The zero-order valence-electron chi connectivity index (χ0n) is 29.5. The SMILES string of the molecule is c1ccc(-c2cccc(-n3c4ccccc4c4ccc(-c5ccc6c(c5)c5ccccc5n6-c5nc6c7c(cccc7n5)Oc5ccccc5-6)cc43)c2)cc1. The average molecular weight is 703 g/mol. The van der Waals surface area contributed by atoms with Crippen molar-refractivity contribution in [2.45, 2.75) is 0 Å². The lowest BCUT2D eigenvalue weighted by Gasteiger charge is -2.20. The molecule has 0 atom stereocenters. The minimum absolute atomic E-state index is 0.638. The van der Waals surface area contributed by atoms with Crippen LogP contribution in [0, 0.1) is 0 Å². The van der Waals surface area contributed by atoms with Crippen molar-refractivity contribution >= 4 is 54.5 Å². The van der Waals surface area contributed by atoms with E-state index in [1.807, 2.05) is 36.4 Å². The summed E-state index contributed by atoms with van der Waals surface area (Å²) in [6.07, 6.45) is 0. The molecule has 55 heavy (non-hydrogen) atoms. The third-order valence-electron chi connectivity index (χ3n) is 11.1. The molecule has 0 fully saturated rings. The molecule has 0 N–H and O–H groups in total. The highest BCUT2D eigenvalue weighted by Crippen LogP contribution is 2.46. The average Bonchev–Trinajstić information content (AvgIpc) is 3.76. The summed E-state index contributed by atoms with van der Waals surface area (Å²) in [4.78, 5) is 10.4. The van der Waals surface area contributed by atoms with Crippen LogP contribution in [-0.4, -0.2) is 19.1 Å². The summed E-state index contributed by atoms with van der Waals surface area (Å²) in [7, 11) is 0. The quantitative estimate of drug-likeness (QED) is 0.183. The normalized spacial score (nSPS) is 12.1. The third-order valence-corrected chi connectivity index (χ3v) is 11.1. The summed E-state index contributed by atoms with van der Waals surface area (Å²) < 4.78 is 10.9. The summed E-state index contributed by atoms with van der Waals surface area (Å²) in [5, 5.41) is 5.71. The third kappa shape index (κ3) is 4.47. The number of aromatic nitrogens is 4. The van der Waals surface area contributed by atoms with Crippen LogP contribution in [0.15, 0.2) is 182 Å². The Bertz CT molecular complexity index is 3360. The van der Waals surface area contributed by atoms with E-state index < -0.39 is 0 Å². The summed E-state index contributed by atoms with van der Waals surface area (Å²) in [5.74, 6) is 2.22. The minimum atomic E-state index is 0.638. The number of para-hydroxylation sites is 3. The summed E-state index contributed by atoms with van der Waals surface area (Å²) in [5.41, 5.74) is 13.0. The number of nitrogens with zero attached hydrogens (tertiary/aromatic N) is 4. The van der Waals surface area contributed by atoms with E-state index in [1.165, 1.54) is 32.9 Å². The van der Waals surface area contributed by atoms with Gasteiger partial charge in [-0.3, -0.25) is 4.57 Å². The second kappa shape index (κ2) is 11.5. The molecule has 1 aliphatic rings. The van der Waals surface area contributed by atoms with Gasteiger partial charge in [-0.2, -0.15) is 0 Å². The second-order valence-corrected chi connectivity index (χ2v) is 14.2. The Balaban J connectivity index is 1.05. The highest BCUT2D eigenvalue weighted by Gasteiger charge is 2.24. The van der Waals surface area contributed by atoms with E-state index in [9.17, 15) is 0 Å². The highest BCUT2D eigenvalue weighted by molar-refractivity contribution is 6.12. The van der Waals surface area contributed by atoms with Gasteiger partial charge >= 0.3 is 0 Å². The molecule has 0 radical (unpaired) electrons. The van der Waals surface area contributed by atoms with Gasteiger partial charge in [0.05, 0.1) is 38.7 Å². The van der Waals surface area contributed by atoms with Gasteiger partial charge in [0.1, 0.15) is 11.5 Å². The molecule has 8 aromatic carbocycles. The number of fused-ring (bicyclic) bond motifs is 8. The number of benzene rings is 8. The predicted molar refractivity (Wildman–Crippen MR) is 225 cm³/mol. The van der Waals surface area contributed by atoms with Gasteiger partial charge < -0.3 is 9.30 Å². The lowest BCUT2D eigenvalue weighted by Crippen LogP contribution is -2.06. The zero-order valence-corrected chi connectivity index (χ0v) is 29.5. The predicted octanol–water partition coefficient (Wildman–Crippen LogP) is 12.9. The van der Waals surface area contributed by atoms with Crippen molar-refractivity contribution in [1.82, 2.24) is 19.1 Å². The molecular weight excluding hydrogens is 673 g/mol. The molecule has 0 bridgehead atoms. The van der Waals surface area contributed by atoms with Crippen LogP contribution in [0.5, 0.6) is 11.5 Å². The number of hydrogen-bond donors (Lipinski definition) is 0. The Morgan fingerprint density at radius 3 is 1.91 bits per heavy atom. The van der Waals surface area contributed by atoms with E-state index in [4.69, 9.17) is 14.7 Å². The molecule has 1 aliphatic heterocycles. The van der Waals surface area contributed by atoms with Crippen molar-refractivity contribution < 1.29 is 4.74 Å². The standard InChI is InChI=1S/C50H30N4O/c1-2-12-31(13-3-1)32-14-10-15-35(28-32)53-42-20-7-4-16-36(42)38-26-24-34(30-45(38)53)33-25-27-44-40(29-33)37-17-5-8-21-43(37)54(44)50-51-41-19-11-23-47-48(41)49(52-50)39-18-6-9-22-46(39)55-47/h1-30H. The van der Waals surface area contributed by atoms with E-state index in [0.717, 1.165) is 72.3 Å². The van der Waals surface area contributed by atoms with Crippen LogP contribution >= 0.6 is 0 Å². The number of ether oxygens (including phenoxy) is 1. The van der Waals surface area contributed by atoms with E-state index in [0.29, 0.717) is 5.95 Å². The maximum absolute atomic E-state index is 6.29. The molecule has 0 saturated heterocycles. The first-order chi connectivity index (χ1) is 27.3. The van der Waals surface area contributed by atoms with Crippen LogP contribution in [-0.2, 0) is 0 Å². The smallest absolute Gasteiger partial charge is 0.235 e. The molecule has 0 spiro atoms. The van der Waals surface area contributed by atoms with Gasteiger partial charge in [0.15, 0.2) is 0 Å². The van der Waals surface area contributed by atoms with Crippen molar-refractivity contribution in [1.29, 1.82) is 0 Å². The molecule has 256 valence electrons. The molecular formula is C50H30N4O. The van der Waals surface area contributed by atoms with Crippen molar-refractivity contribution in [2.75, 3.05) is 0 Å². The van der Waals surface area contributed by atoms with Crippen LogP contribution in [0.2, 0.25) is 0 Å². The molecule has 4 heterocycles. The molecule has 0 aliphatic carbocycles. The number of hydrogen-bond acceptors (Lipinski definition) is 3. The zero-order chi connectivity index (χ0) is 36.0. The molecule has 3 aromatic heterocycles. The van der Waals surface area contributed by atoms with Gasteiger partial charge in [0.2, 0.25) is 5.95 Å². The van der Waals surface area contributed by atoms with Crippen molar-refractivity contribution in [3.8, 4) is 56.6 Å². The fourth-order valence-corrected chi connectivity index (χ4v) is 8.64. The van der Waals surface area contributed by atoms with Gasteiger partial charge in [-0.25, -0.2) is 9.97 Å². The van der Waals surface area contributed by atoms with Gasteiger partial charge in [0.25, 0.3) is 0 Å². The fraction of sp³-hybridized carbons (Fsp3) is 0. The molecule has 5 nitrogen and oxygen atoms in total. The van der Waals surface area contributed by atoms with Crippen molar-refractivity contribution in [3.05, 3.63) is 182 Å². The fourth-order valence-electron chi connectivity index (χ4n) is 8.64. The van der Waals surface area contributed by atoms with E-state index >= 15 is 0 Å². The van der Waals surface area contributed by atoms with Crippen LogP contribution in [0.4, 0.5) is 0 Å². The van der Waals surface area contributed by atoms with Gasteiger partial charge in [-0.15, -0.1) is 0 Å². The molecule has 0 saturated carbocycles. The topological polar surface area (TPSA) is 44.9 Å². The second-order valence-electron chi connectivity index (χ2n) is 14.2. The maximum atomic E-state index is 6.29. The lowest BCUT2D eigenvalue weighted by atomic mass is 10.0. The van der Waals surface area contributed by atoms with Gasteiger partial charge in [-0.05, 0) is 89.0 Å². The monoisotopic (exact) mass is 702 g/mol. The lowest BCUT2D eigenvalue weighted by molar-refractivity contribution is 0.486. The molecule has 5 heteroatoms. The highest BCUT2D eigenvalue weighted by atomic mass is 16.5. The van der Waals surface area contributed by atoms with Crippen LogP contribution in [0.25, 0.3) is 99.7 Å². The molecule has 12 rings (SSSR count). The summed E-state index contributed by atoms with van der Waals surface area (Å²) >= 11 is 0. The largest absolute Gasteiger partial charge is 0.456 e. The van der Waals surface area contributed by atoms with Crippen LogP contribution in [0.1, 0.15) is 0 Å². The molecule has 11 aromatic rings. The first-order valence-corrected chi connectivity index (χ1v) is 18.6. The Labute approximate surface area is 316 Å². The van der Waals surface area contributed by atoms with Gasteiger partial charge in [0, 0.05) is 32.8 Å². The Morgan fingerprint density at radius 1 is 0.382 bits per heavy atom. The van der Waals surface area contributed by atoms with Crippen molar-refractivity contribution in [3.63, 3.8) is 0 Å². The first-order valence-electron chi connectivity index (χ1n) is 18.6. The Morgan fingerprint density at radius 2 is 1.02 bits per heavy atom.